The van der Waals surface area contributed by atoms with E-state index in [0.717, 1.165) is 5.56 Å². The van der Waals surface area contributed by atoms with E-state index < -0.39 is 5.95 Å². The minimum Gasteiger partial charge on any atom is -0.314 e. The van der Waals surface area contributed by atoms with E-state index in [4.69, 9.17) is 0 Å². The van der Waals surface area contributed by atoms with Crippen LogP contribution in [-0.4, -0.2) is 32.3 Å². The number of nitrogens with zero attached hydrogens (tertiary/aromatic N) is 4. The first-order valence-corrected chi connectivity index (χ1v) is 8.08. The number of amides is 2. The summed E-state index contributed by atoms with van der Waals surface area (Å²) in [5, 5.41) is 10.1. The van der Waals surface area contributed by atoms with Crippen molar-refractivity contribution in [1.82, 2.24) is 20.2 Å². The maximum Gasteiger partial charge on any atom is 0.323 e. The number of pyridine rings is 1. The van der Waals surface area contributed by atoms with E-state index in [2.05, 4.69) is 25.2 Å². The Morgan fingerprint density at radius 3 is 2.83 bits per heavy atom. The lowest BCUT2D eigenvalue weighted by atomic mass is 9.87. The topological polar surface area (TPSA) is 84.2 Å². The third-order valence-electron chi connectivity index (χ3n) is 4.54. The van der Waals surface area contributed by atoms with Gasteiger partial charge >= 0.3 is 6.03 Å². The fourth-order valence-electron chi connectivity index (χ4n) is 3.31. The van der Waals surface area contributed by atoms with Crippen LogP contribution in [0, 0.1) is 12.9 Å². The number of aryl methyl sites for hydroxylation is 1. The standard InChI is InChI=1S/C16H20FN5O2/c1-4-10-8-12-11(6-7-18-14(12)17)13(5-2)22(10)16(23)19-15-9(3)20-24-21-15/h6-7,10,13H,4-5,8H2,1-3H3,(H,19,21,23). The molecule has 128 valence electrons. The molecular formula is C16H20FN5O2. The van der Waals surface area contributed by atoms with Crippen LogP contribution >= 0.6 is 0 Å². The average molecular weight is 333 g/mol. The minimum absolute atomic E-state index is 0.110. The van der Waals surface area contributed by atoms with Crippen molar-refractivity contribution in [1.29, 1.82) is 0 Å². The highest BCUT2D eigenvalue weighted by Gasteiger charge is 2.37. The molecule has 0 aromatic carbocycles. The van der Waals surface area contributed by atoms with Crippen molar-refractivity contribution in [3.8, 4) is 0 Å². The molecule has 2 unspecified atom stereocenters. The van der Waals surface area contributed by atoms with E-state index in [1.807, 2.05) is 13.8 Å². The molecule has 3 heterocycles. The Bertz CT molecular complexity index is 748. The molecule has 2 aromatic rings. The number of carbonyl (C=O) groups excluding carboxylic acids is 1. The molecule has 3 rings (SSSR count). The van der Waals surface area contributed by atoms with E-state index in [0.29, 0.717) is 36.3 Å². The van der Waals surface area contributed by atoms with Gasteiger partial charge in [-0.15, -0.1) is 0 Å². The second-order valence-corrected chi connectivity index (χ2v) is 5.90. The van der Waals surface area contributed by atoms with Crippen LogP contribution in [0.15, 0.2) is 16.9 Å². The van der Waals surface area contributed by atoms with Crippen molar-refractivity contribution in [2.75, 3.05) is 5.32 Å². The summed E-state index contributed by atoms with van der Waals surface area (Å²) in [6.07, 6.45) is 3.29. The molecule has 0 fully saturated rings. The van der Waals surface area contributed by atoms with Crippen molar-refractivity contribution in [3.05, 3.63) is 35.0 Å². The van der Waals surface area contributed by atoms with Gasteiger partial charge in [-0.25, -0.2) is 14.4 Å². The summed E-state index contributed by atoms with van der Waals surface area (Å²) in [4.78, 5) is 18.4. The van der Waals surface area contributed by atoms with Crippen LogP contribution in [0.2, 0.25) is 0 Å². The molecule has 0 bridgehead atoms. The lowest BCUT2D eigenvalue weighted by Crippen LogP contribution is -2.49. The number of nitrogens with one attached hydrogen (secondary N) is 1. The van der Waals surface area contributed by atoms with Gasteiger partial charge in [-0.3, -0.25) is 5.32 Å². The molecule has 0 saturated heterocycles. The Kier molecular flexibility index (Phi) is 4.46. The highest BCUT2D eigenvalue weighted by Crippen LogP contribution is 2.37. The third kappa shape index (κ3) is 2.72. The average Bonchev–Trinajstić information content (AvgIpc) is 2.98. The monoisotopic (exact) mass is 333 g/mol. The quantitative estimate of drug-likeness (QED) is 0.872. The summed E-state index contributed by atoms with van der Waals surface area (Å²) in [5.41, 5.74) is 1.94. The molecule has 8 heteroatoms. The van der Waals surface area contributed by atoms with E-state index in [1.54, 1.807) is 17.9 Å². The first-order valence-electron chi connectivity index (χ1n) is 8.08. The molecule has 0 aliphatic carbocycles. The maximum atomic E-state index is 14.1. The third-order valence-corrected chi connectivity index (χ3v) is 4.54. The summed E-state index contributed by atoms with van der Waals surface area (Å²) < 4.78 is 18.7. The van der Waals surface area contributed by atoms with Gasteiger partial charge < -0.3 is 4.90 Å². The first-order chi connectivity index (χ1) is 11.6. The van der Waals surface area contributed by atoms with E-state index in [1.165, 1.54) is 6.20 Å². The molecule has 0 saturated carbocycles. The number of aromatic nitrogens is 3. The van der Waals surface area contributed by atoms with Crippen LogP contribution in [0.25, 0.3) is 0 Å². The number of hydrogen-bond donors (Lipinski definition) is 1. The highest BCUT2D eigenvalue weighted by molar-refractivity contribution is 5.89. The van der Waals surface area contributed by atoms with E-state index in [9.17, 15) is 9.18 Å². The van der Waals surface area contributed by atoms with Crippen molar-refractivity contribution in [2.24, 2.45) is 0 Å². The van der Waals surface area contributed by atoms with Gasteiger partial charge in [0.05, 0.1) is 6.04 Å². The summed E-state index contributed by atoms with van der Waals surface area (Å²) in [6.45, 7) is 5.67. The van der Waals surface area contributed by atoms with Crippen LogP contribution in [0.4, 0.5) is 15.0 Å². The van der Waals surface area contributed by atoms with Gasteiger partial charge in [-0.2, -0.15) is 4.39 Å². The van der Waals surface area contributed by atoms with E-state index in [-0.39, 0.29) is 18.1 Å². The minimum atomic E-state index is -0.444. The molecule has 2 amide bonds. The first kappa shape index (κ1) is 16.4. The zero-order valence-electron chi connectivity index (χ0n) is 13.9. The number of hydrogen-bond acceptors (Lipinski definition) is 5. The van der Waals surface area contributed by atoms with Crippen LogP contribution < -0.4 is 5.32 Å². The summed E-state index contributed by atoms with van der Waals surface area (Å²) >= 11 is 0. The molecular weight excluding hydrogens is 313 g/mol. The maximum absolute atomic E-state index is 14.1. The molecule has 7 nitrogen and oxygen atoms in total. The smallest absolute Gasteiger partial charge is 0.314 e. The van der Waals surface area contributed by atoms with Gasteiger partial charge in [-0.1, -0.05) is 19.0 Å². The molecule has 1 aliphatic rings. The molecule has 1 aliphatic heterocycles. The summed E-state index contributed by atoms with van der Waals surface area (Å²) in [6, 6.07) is 1.19. The lowest BCUT2D eigenvalue weighted by molar-refractivity contribution is 0.137. The Balaban J connectivity index is 1.95. The predicted octanol–water partition coefficient (Wildman–Crippen LogP) is 3.23. The second-order valence-electron chi connectivity index (χ2n) is 5.90. The molecule has 2 atom stereocenters. The van der Waals surface area contributed by atoms with Gasteiger partial charge in [-0.05, 0) is 43.0 Å². The van der Waals surface area contributed by atoms with Gasteiger partial charge in [0.1, 0.15) is 5.69 Å². The Morgan fingerprint density at radius 2 is 2.21 bits per heavy atom. The molecule has 0 spiro atoms. The fraction of sp³-hybridized carbons (Fsp3) is 0.500. The van der Waals surface area contributed by atoms with Crippen LogP contribution in [0.1, 0.15) is 49.6 Å². The predicted molar refractivity (Wildman–Crippen MR) is 84.9 cm³/mol. The summed E-state index contributed by atoms with van der Waals surface area (Å²) in [7, 11) is 0. The lowest BCUT2D eigenvalue weighted by Gasteiger charge is -2.42. The fourth-order valence-corrected chi connectivity index (χ4v) is 3.31. The van der Waals surface area contributed by atoms with Crippen molar-refractivity contribution in [2.45, 2.75) is 52.1 Å². The number of urea groups is 1. The van der Waals surface area contributed by atoms with Gasteiger partial charge in [0.2, 0.25) is 11.8 Å². The van der Waals surface area contributed by atoms with E-state index >= 15 is 0 Å². The summed E-state index contributed by atoms with van der Waals surface area (Å²) in [5.74, 6) is -0.141. The van der Waals surface area contributed by atoms with Gasteiger partial charge in [0.15, 0.2) is 0 Å². The number of carbonyl (C=O) groups is 1. The zero-order valence-corrected chi connectivity index (χ0v) is 13.9. The van der Waals surface area contributed by atoms with Crippen molar-refractivity contribution < 1.29 is 13.8 Å². The van der Waals surface area contributed by atoms with Crippen LogP contribution in [-0.2, 0) is 6.42 Å². The molecule has 2 aromatic heterocycles. The number of fused-ring (bicyclic) bond motifs is 1. The highest BCUT2D eigenvalue weighted by atomic mass is 19.1. The Morgan fingerprint density at radius 1 is 1.42 bits per heavy atom. The van der Waals surface area contributed by atoms with Gasteiger partial charge in [0, 0.05) is 17.8 Å². The molecule has 0 radical (unpaired) electrons. The largest absolute Gasteiger partial charge is 0.323 e. The second kappa shape index (κ2) is 6.54. The normalized spacial score (nSPS) is 19.9. The van der Waals surface area contributed by atoms with Crippen molar-refractivity contribution in [3.63, 3.8) is 0 Å². The Hall–Kier alpha value is -2.51. The Labute approximate surface area is 139 Å². The molecule has 24 heavy (non-hydrogen) atoms. The van der Waals surface area contributed by atoms with Crippen molar-refractivity contribution >= 4 is 11.8 Å². The number of rotatable bonds is 3. The number of anilines is 1. The molecule has 1 N–H and O–H groups in total. The van der Waals surface area contributed by atoms with Gasteiger partial charge in [0.25, 0.3) is 0 Å². The van der Waals surface area contributed by atoms with Crippen LogP contribution in [0.5, 0.6) is 0 Å². The SMILES string of the molecule is CCC1Cc2c(ccnc2F)C(CC)N1C(=O)Nc1nonc1C. The zero-order chi connectivity index (χ0) is 17.3. The van der Waals surface area contributed by atoms with Crippen LogP contribution in [0.3, 0.4) is 0 Å². The number of halogens is 1.